The molecule has 0 radical (unpaired) electrons. The van der Waals surface area contributed by atoms with Crippen LogP contribution in [0.1, 0.15) is 35.1 Å². The van der Waals surface area contributed by atoms with E-state index in [0.717, 1.165) is 5.69 Å². The zero-order valence-electron chi connectivity index (χ0n) is 14.6. The smallest absolute Gasteiger partial charge is 0.251 e. The maximum Gasteiger partial charge on any atom is 0.251 e. The number of aromatic nitrogens is 2. The van der Waals surface area contributed by atoms with E-state index in [1.54, 1.807) is 19.3 Å². The molecule has 0 spiro atoms. The van der Waals surface area contributed by atoms with Gasteiger partial charge in [0.05, 0.1) is 35.6 Å². The van der Waals surface area contributed by atoms with Crippen LogP contribution >= 0.6 is 0 Å². The number of benzene rings is 1. The molecule has 1 atom stereocenters. The molecule has 1 heterocycles. The molecule has 0 saturated heterocycles. The minimum Gasteiger partial charge on any atom is -0.395 e. The molecule has 9 heteroatoms. The summed E-state index contributed by atoms with van der Waals surface area (Å²) in [6, 6.07) is 5.14. The van der Waals surface area contributed by atoms with E-state index in [0.29, 0.717) is 12.1 Å². The van der Waals surface area contributed by atoms with Crippen molar-refractivity contribution in [3.05, 3.63) is 53.6 Å². The monoisotopic (exact) mass is 378 g/mol. The second-order valence-corrected chi connectivity index (χ2v) is 7.48. The second kappa shape index (κ2) is 8.84. The van der Waals surface area contributed by atoms with E-state index in [4.69, 9.17) is 0 Å². The number of hydrogen-bond acceptors (Lipinski definition) is 6. The number of aliphatic hydroxyl groups excluding tert-OH is 1. The van der Waals surface area contributed by atoms with Crippen LogP contribution in [0.2, 0.25) is 0 Å². The van der Waals surface area contributed by atoms with Gasteiger partial charge in [-0.15, -0.1) is 0 Å². The third-order valence-electron chi connectivity index (χ3n) is 3.71. The van der Waals surface area contributed by atoms with Gasteiger partial charge in [-0.2, -0.15) is 0 Å². The summed E-state index contributed by atoms with van der Waals surface area (Å²) >= 11 is 0. The Labute approximate surface area is 152 Å². The normalized spacial score (nSPS) is 12.6. The average Bonchev–Trinajstić information content (AvgIpc) is 2.65. The van der Waals surface area contributed by atoms with Gasteiger partial charge in [0, 0.05) is 17.8 Å². The Kier molecular flexibility index (Phi) is 6.78. The molecule has 140 valence electrons. The van der Waals surface area contributed by atoms with Crippen LogP contribution in [0.5, 0.6) is 0 Å². The van der Waals surface area contributed by atoms with Gasteiger partial charge >= 0.3 is 0 Å². The van der Waals surface area contributed by atoms with Crippen molar-refractivity contribution in [2.24, 2.45) is 0 Å². The Morgan fingerprint density at radius 3 is 2.65 bits per heavy atom. The molecular formula is C17H22N4O4S. The van der Waals surface area contributed by atoms with Gasteiger partial charge in [0.15, 0.2) is 0 Å². The lowest BCUT2D eigenvalue weighted by Crippen LogP contribution is -2.37. The minimum absolute atomic E-state index is 0.0350. The molecule has 3 N–H and O–H groups in total. The number of hydrogen-bond donors (Lipinski definition) is 3. The minimum atomic E-state index is -3.82. The Morgan fingerprint density at radius 2 is 2.04 bits per heavy atom. The fourth-order valence-corrected chi connectivity index (χ4v) is 3.48. The van der Waals surface area contributed by atoms with E-state index >= 15 is 0 Å². The van der Waals surface area contributed by atoms with Crippen molar-refractivity contribution in [2.45, 2.75) is 37.8 Å². The molecule has 0 unspecified atom stereocenters. The third-order valence-corrected chi connectivity index (χ3v) is 5.22. The van der Waals surface area contributed by atoms with Gasteiger partial charge in [0.1, 0.15) is 0 Å². The molecule has 1 aromatic heterocycles. The molecule has 0 aliphatic carbocycles. The van der Waals surface area contributed by atoms with E-state index in [-0.39, 0.29) is 23.6 Å². The summed E-state index contributed by atoms with van der Waals surface area (Å²) in [6.07, 6.45) is 3.62. The standard InChI is InChI=1S/C17H22N4O4S/c1-3-14(11-22)21-26(24,25)16-6-4-5-13(7-16)17(23)20-10-15-9-18-12(2)8-19-15/h4-9,14,21-22H,3,10-11H2,1-2H3,(H,20,23)/t14-/m1/s1. The van der Waals surface area contributed by atoms with Crippen molar-refractivity contribution < 1.29 is 18.3 Å². The molecule has 2 aromatic rings. The van der Waals surface area contributed by atoms with Crippen molar-refractivity contribution in [3.63, 3.8) is 0 Å². The Balaban J connectivity index is 2.09. The molecule has 0 aliphatic rings. The van der Waals surface area contributed by atoms with Gasteiger partial charge in [0.25, 0.3) is 5.91 Å². The van der Waals surface area contributed by atoms with Crippen LogP contribution in [0.3, 0.4) is 0 Å². The summed E-state index contributed by atoms with van der Waals surface area (Å²) in [5, 5.41) is 11.9. The fourth-order valence-electron chi connectivity index (χ4n) is 2.13. The van der Waals surface area contributed by atoms with Crippen LogP contribution in [0, 0.1) is 6.92 Å². The van der Waals surface area contributed by atoms with Gasteiger partial charge in [-0.1, -0.05) is 13.0 Å². The fraction of sp³-hybridized carbons (Fsp3) is 0.353. The lowest BCUT2D eigenvalue weighted by molar-refractivity contribution is 0.0950. The number of nitrogens with one attached hydrogen (secondary N) is 2. The maximum absolute atomic E-state index is 12.4. The Morgan fingerprint density at radius 1 is 1.27 bits per heavy atom. The Bertz CT molecular complexity index is 849. The number of aryl methyl sites for hydroxylation is 1. The molecule has 1 aromatic carbocycles. The van der Waals surface area contributed by atoms with E-state index in [9.17, 15) is 18.3 Å². The largest absolute Gasteiger partial charge is 0.395 e. The highest BCUT2D eigenvalue weighted by Crippen LogP contribution is 2.13. The zero-order valence-corrected chi connectivity index (χ0v) is 15.5. The number of carbonyl (C=O) groups excluding carboxylic acids is 1. The molecule has 0 fully saturated rings. The third kappa shape index (κ3) is 5.32. The van der Waals surface area contributed by atoms with Crippen molar-refractivity contribution in [2.75, 3.05) is 6.61 Å². The lowest BCUT2D eigenvalue weighted by atomic mass is 10.2. The van der Waals surface area contributed by atoms with Gasteiger partial charge < -0.3 is 10.4 Å². The van der Waals surface area contributed by atoms with Crippen molar-refractivity contribution in [1.29, 1.82) is 0 Å². The number of rotatable bonds is 8. The summed E-state index contributed by atoms with van der Waals surface area (Å²) in [6.45, 7) is 3.47. The summed E-state index contributed by atoms with van der Waals surface area (Å²) < 4.78 is 27.2. The molecule has 0 aliphatic heterocycles. The molecule has 1 amide bonds. The van der Waals surface area contributed by atoms with Crippen molar-refractivity contribution in [1.82, 2.24) is 20.0 Å². The zero-order chi connectivity index (χ0) is 19.2. The number of aliphatic hydroxyl groups is 1. The SMILES string of the molecule is CC[C@H](CO)NS(=O)(=O)c1cccc(C(=O)NCc2cnc(C)cn2)c1. The van der Waals surface area contributed by atoms with Crippen molar-refractivity contribution >= 4 is 15.9 Å². The second-order valence-electron chi connectivity index (χ2n) is 5.77. The molecular weight excluding hydrogens is 356 g/mol. The van der Waals surface area contributed by atoms with E-state index in [1.807, 2.05) is 6.92 Å². The highest BCUT2D eigenvalue weighted by Gasteiger charge is 2.19. The Hall–Kier alpha value is -2.36. The quantitative estimate of drug-likeness (QED) is 0.624. The number of amides is 1. The first-order valence-corrected chi connectivity index (χ1v) is 9.63. The lowest BCUT2D eigenvalue weighted by Gasteiger charge is -2.14. The van der Waals surface area contributed by atoms with Crippen LogP contribution in [-0.4, -0.2) is 42.0 Å². The first-order chi connectivity index (χ1) is 12.4. The van der Waals surface area contributed by atoms with Crippen LogP contribution < -0.4 is 10.0 Å². The van der Waals surface area contributed by atoms with Crippen LogP contribution in [0.15, 0.2) is 41.6 Å². The average molecular weight is 378 g/mol. The number of sulfonamides is 1. The first kappa shape index (κ1) is 20.0. The summed E-state index contributed by atoms with van der Waals surface area (Å²) in [5.41, 5.74) is 1.59. The predicted molar refractivity (Wildman–Crippen MR) is 95.9 cm³/mol. The molecule has 8 nitrogen and oxygen atoms in total. The van der Waals surface area contributed by atoms with Crippen molar-refractivity contribution in [3.8, 4) is 0 Å². The highest BCUT2D eigenvalue weighted by molar-refractivity contribution is 7.89. The highest BCUT2D eigenvalue weighted by atomic mass is 32.2. The first-order valence-electron chi connectivity index (χ1n) is 8.14. The van der Waals surface area contributed by atoms with E-state index in [1.165, 1.54) is 24.3 Å². The summed E-state index contributed by atoms with van der Waals surface area (Å²) in [4.78, 5) is 20.5. The van der Waals surface area contributed by atoms with Gasteiger partial charge in [-0.3, -0.25) is 14.8 Å². The molecule has 2 rings (SSSR count). The van der Waals surface area contributed by atoms with Crippen LogP contribution in [0.25, 0.3) is 0 Å². The maximum atomic E-state index is 12.4. The molecule has 0 saturated carbocycles. The van der Waals surface area contributed by atoms with Gasteiger partial charge in [-0.25, -0.2) is 13.1 Å². The summed E-state index contributed by atoms with van der Waals surface area (Å²) in [5.74, 6) is -0.418. The van der Waals surface area contributed by atoms with Crippen LogP contribution in [0.4, 0.5) is 0 Å². The van der Waals surface area contributed by atoms with Gasteiger partial charge in [-0.05, 0) is 31.5 Å². The van der Waals surface area contributed by atoms with E-state index in [2.05, 4.69) is 20.0 Å². The number of nitrogens with zero attached hydrogens (tertiary/aromatic N) is 2. The summed E-state index contributed by atoms with van der Waals surface area (Å²) in [7, 11) is -3.82. The topological polar surface area (TPSA) is 121 Å². The predicted octanol–water partition coefficient (Wildman–Crippen LogP) is 0.764. The molecule has 26 heavy (non-hydrogen) atoms. The van der Waals surface area contributed by atoms with Gasteiger partial charge in [0.2, 0.25) is 10.0 Å². The van der Waals surface area contributed by atoms with E-state index < -0.39 is 22.0 Å². The number of carbonyl (C=O) groups is 1. The molecule has 0 bridgehead atoms. The van der Waals surface area contributed by atoms with Crippen LogP contribution in [-0.2, 0) is 16.6 Å².